The lowest BCUT2D eigenvalue weighted by molar-refractivity contribution is -0.0565. The Morgan fingerprint density at radius 2 is 1.76 bits per heavy atom. The highest BCUT2D eigenvalue weighted by molar-refractivity contribution is 5.89. The Hall–Kier alpha value is -1.57. The Morgan fingerprint density at radius 1 is 1.00 bits per heavy atom. The van der Waals surface area contributed by atoms with Gasteiger partial charge in [-0.15, -0.1) is 0 Å². The standard InChI is InChI=1S/C31H44O2/c1-29(2,3)20-23-12-14-26-25-13-11-22-19-24(33-28(32)21-9-7-6-8-10-21)15-17-30(22,4)27(25)16-18-31(23,26)5/h6-11,23-27H,12-20H2,1-5H3/t23-,24?,25+,26+,27+,30+,31-/m1/s1. The molecule has 180 valence electrons. The van der Waals surface area contributed by atoms with Gasteiger partial charge < -0.3 is 4.74 Å². The molecule has 0 aliphatic heterocycles. The number of allylic oxidation sites excluding steroid dienone is 1. The SMILES string of the molecule is CC(C)(C)C[C@H]1CC[C@H]2[C@@H]3CC=C4CC(OC(=O)c5ccccc5)CC[C@]4(C)[C@H]3CC[C@]12C. The molecule has 0 amide bonds. The molecule has 2 heteroatoms. The zero-order valence-corrected chi connectivity index (χ0v) is 21.5. The number of hydrogen-bond donors (Lipinski definition) is 0. The van der Waals surface area contributed by atoms with Crippen molar-refractivity contribution in [2.24, 2.45) is 39.9 Å². The molecule has 0 spiro atoms. The van der Waals surface area contributed by atoms with Crippen LogP contribution in [-0.2, 0) is 4.74 Å². The molecule has 7 atom stereocenters. The first-order valence-electron chi connectivity index (χ1n) is 13.6. The molecule has 2 nitrogen and oxygen atoms in total. The molecule has 0 aromatic heterocycles. The quantitative estimate of drug-likeness (QED) is 0.344. The van der Waals surface area contributed by atoms with Gasteiger partial charge in [-0.1, -0.05) is 64.5 Å². The summed E-state index contributed by atoms with van der Waals surface area (Å²) in [7, 11) is 0. The van der Waals surface area contributed by atoms with Crippen LogP contribution in [0.15, 0.2) is 42.0 Å². The van der Waals surface area contributed by atoms with Crippen molar-refractivity contribution in [1.82, 2.24) is 0 Å². The summed E-state index contributed by atoms with van der Waals surface area (Å²) in [6, 6.07) is 9.46. The van der Waals surface area contributed by atoms with Crippen LogP contribution < -0.4 is 0 Å². The molecule has 0 N–H and O–H groups in total. The maximum Gasteiger partial charge on any atom is 0.338 e. The van der Waals surface area contributed by atoms with Crippen LogP contribution in [0.2, 0.25) is 0 Å². The second kappa shape index (κ2) is 8.28. The van der Waals surface area contributed by atoms with Crippen LogP contribution in [0.3, 0.4) is 0 Å². The van der Waals surface area contributed by atoms with Crippen molar-refractivity contribution in [3.63, 3.8) is 0 Å². The number of hydrogen-bond acceptors (Lipinski definition) is 2. The second-order valence-corrected chi connectivity index (χ2v) is 13.5. The average molecular weight is 449 g/mol. The van der Waals surface area contributed by atoms with E-state index in [2.05, 4.69) is 40.7 Å². The second-order valence-electron chi connectivity index (χ2n) is 13.5. The van der Waals surface area contributed by atoms with E-state index in [1.165, 1.54) is 44.9 Å². The number of esters is 1. The van der Waals surface area contributed by atoms with Crippen molar-refractivity contribution in [2.75, 3.05) is 0 Å². The van der Waals surface area contributed by atoms with Crippen molar-refractivity contribution in [2.45, 2.75) is 98.5 Å². The van der Waals surface area contributed by atoms with Gasteiger partial charge in [0.15, 0.2) is 0 Å². The third kappa shape index (κ3) is 4.10. The summed E-state index contributed by atoms with van der Waals surface area (Å²) < 4.78 is 5.97. The van der Waals surface area contributed by atoms with Crippen LogP contribution >= 0.6 is 0 Å². The molecule has 0 bridgehead atoms. The Balaban J connectivity index is 1.30. The maximum atomic E-state index is 12.6. The van der Waals surface area contributed by atoms with E-state index < -0.39 is 0 Å². The Kier molecular flexibility index (Phi) is 5.82. The summed E-state index contributed by atoms with van der Waals surface area (Å²) in [4.78, 5) is 12.6. The van der Waals surface area contributed by atoms with Gasteiger partial charge in [0.25, 0.3) is 0 Å². The van der Waals surface area contributed by atoms with Gasteiger partial charge in [0.2, 0.25) is 0 Å². The normalized spacial score (nSPS) is 40.3. The lowest BCUT2D eigenvalue weighted by Crippen LogP contribution is -2.50. The van der Waals surface area contributed by atoms with Gasteiger partial charge in [-0.05, 0) is 103 Å². The van der Waals surface area contributed by atoms with E-state index in [0.717, 1.165) is 36.5 Å². The first-order chi connectivity index (χ1) is 15.6. The zero-order valence-electron chi connectivity index (χ0n) is 21.5. The lowest BCUT2D eigenvalue weighted by Gasteiger charge is -2.58. The highest BCUT2D eigenvalue weighted by Crippen LogP contribution is 2.67. The molecule has 33 heavy (non-hydrogen) atoms. The zero-order chi connectivity index (χ0) is 23.4. The van der Waals surface area contributed by atoms with E-state index in [1.807, 2.05) is 30.3 Å². The van der Waals surface area contributed by atoms with Crippen molar-refractivity contribution in [1.29, 1.82) is 0 Å². The minimum Gasteiger partial charge on any atom is -0.458 e. The van der Waals surface area contributed by atoms with Gasteiger partial charge in [0.1, 0.15) is 6.10 Å². The fourth-order valence-electron chi connectivity index (χ4n) is 8.71. The number of carbonyl (C=O) groups is 1. The summed E-state index contributed by atoms with van der Waals surface area (Å²) in [6.07, 6.45) is 14.0. The van der Waals surface area contributed by atoms with Crippen LogP contribution in [0, 0.1) is 39.9 Å². The Labute approximate surface area is 201 Å². The first-order valence-corrected chi connectivity index (χ1v) is 13.6. The average Bonchev–Trinajstić information content (AvgIpc) is 3.09. The highest BCUT2D eigenvalue weighted by Gasteiger charge is 2.58. The van der Waals surface area contributed by atoms with Gasteiger partial charge in [0, 0.05) is 6.42 Å². The molecule has 0 saturated heterocycles. The van der Waals surface area contributed by atoms with Crippen LogP contribution in [-0.4, -0.2) is 12.1 Å². The summed E-state index contributed by atoms with van der Waals surface area (Å²) >= 11 is 0. The Bertz CT molecular complexity index is 909. The van der Waals surface area contributed by atoms with Crippen LogP contribution in [0.4, 0.5) is 0 Å². The Morgan fingerprint density at radius 3 is 2.48 bits per heavy atom. The van der Waals surface area contributed by atoms with Gasteiger partial charge in [-0.3, -0.25) is 0 Å². The molecule has 3 saturated carbocycles. The summed E-state index contributed by atoms with van der Waals surface area (Å²) in [5, 5.41) is 0. The molecule has 5 rings (SSSR count). The van der Waals surface area contributed by atoms with E-state index in [-0.39, 0.29) is 12.1 Å². The molecular weight excluding hydrogens is 404 g/mol. The number of rotatable bonds is 3. The number of benzene rings is 1. The monoisotopic (exact) mass is 448 g/mol. The van der Waals surface area contributed by atoms with Crippen molar-refractivity contribution in [3.8, 4) is 0 Å². The van der Waals surface area contributed by atoms with Crippen LogP contribution in [0.1, 0.15) is 103 Å². The fraction of sp³-hybridized carbons (Fsp3) is 0.710. The minimum atomic E-state index is -0.164. The summed E-state index contributed by atoms with van der Waals surface area (Å²) in [5.41, 5.74) is 3.54. The lowest BCUT2D eigenvalue weighted by atomic mass is 9.47. The van der Waals surface area contributed by atoms with E-state index in [9.17, 15) is 4.79 Å². The summed E-state index contributed by atoms with van der Waals surface area (Å²) in [5.74, 6) is 3.30. The number of fused-ring (bicyclic) bond motifs is 5. The number of ether oxygens (including phenoxy) is 1. The van der Waals surface area contributed by atoms with Gasteiger partial charge in [-0.25, -0.2) is 4.79 Å². The molecule has 1 aromatic carbocycles. The van der Waals surface area contributed by atoms with E-state index >= 15 is 0 Å². The predicted octanol–water partition coefficient (Wildman–Crippen LogP) is 8.23. The highest BCUT2D eigenvalue weighted by atomic mass is 16.5. The first kappa shape index (κ1) is 23.2. The van der Waals surface area contributed by atoms with E-state index in [1.54, 1.807) is 5.57 Å². The fourth-order valence-corrected chi connectivity index (χ4v) is 8.71. The van der Waals surface area contributed by atoms with Gasteiger partial charge in [-0.2, -0.15) is 0 Å². The maximum absolute atomic E-state index is 12.6. The topological polar surface area (TPSA) is 26.3 Å². The molecule has 0 radical (unpaired) electrons. The third-order valence-electron chi connectivity index (χ3n) is 10.4. The van der Waals surface area contributed by atoms with Gasteiger partial charge >= 0.3 is 5.97 Å². The van der Waals surface area contributed by atoms with Crippen LogP contribution in [0.5, 0.6) is 0 Å². The van der Waals surface area contributed by atoms with Crippen molar-refractivity contribution >= 4 is 5.97 Å². The summed E-state index contributed by atoms with van der Waals surface area (Å²) in [6.45, 7) is 12.5. The minimum absolute atomic E-state index is 0.0325. The van der Waals surface area contributed by atoms with Crippen LogP contribution in [0.25, 0.3) is 0 Å². The van der Waals surface area contributed by atoms with Gasteiger partial charge in [0.05, 0.1) is 5.56 Å². The van der Waals surface area contributed by atoms with E-state index in [4.69, 9.17) is 4.74 Å². The molecular formula is C31H44O2. The smallest absolute Gasteiger partial charge is 0.338 e. The third-order valence-corrected chi connectivity index (χ3v) is 10.4. The van der Waals surface area contributed by atoms with E-state index in [0.29, 0.717) is 21.8 Å². The number of carbonyl (C=O) groups excluding carboxylic acids is 1. The van der Waals surface area contributed by atoms with Crippen molar-refractivity contribution < 1.29 is 9.53 Å². The largest absolute Gasteiger partial charge is 0.458 e. The molecule has 1 aromatic rings. The molecule has 4 aliphatic carbocycles. The molecule has 0 heterocycles. The molecule has 4 aliphatic rings. The molecule has 3 fully saturated rings. The molecule has 1 unspecified atom stereocenters. The predicted molar refractivity (Wildman–Crippen MR) is 135 cm³/mol. The van der Waals surface area contributed by atoms with Crippen molar-refractivity contribution in [3.05, 3.63) is 47.5 Å².